The van der Waals surface area contributed by atoms with Gasteiger partial charge in [0.1, 0.15) is 0 Å². The Morgan fingerprint density at radius 2 is 2.16 bits per heavy atom. The maximum absolute atomic E-state index is 12.3. The molecule has 6 nitrogen and oxygen atoms in total. The smallest absolute Gasteiger partial charge is 0.272 e. The standard InChI is InChI=1S/C11H18N4O2S2/c1-15(6-9-5-7-2-3-8(9)4-7)19(16,17)11-14-13-10(12)18-11/h7-9H,2-6H2,1H3,(H2,12,13). The lowest BCUT2D eigenvalue weighted by Gasteiger charge is -2.25. The van der Waals surface area contributed by atoms with Gasteiger partial charge in [-0.1, -0.05) is 17.8 Å². The molecule has 0 saturated heterocycles. The van der Waals surface area contributed by atoms with Crippen LogP contribution in [0.2, 0.25) is 0 Å². The molecule has 106 valence electrons. The molecule has 1 heterocycles. The number of aromatic nitrogens is 2. The lowest BCUT2D eigenvalue weighted by molar-refractivity contribution is 0.280. The van der Waals surface area contributed by atoms with Crippen LogP contribution in [0.1, 0.15) is 25.7 Å². The van der Waals surface area contributed by atoms with Crippen molar-refractivity contribution in [1.82, 2.24) is 14.5 Å². The van der Waals surface area contributed by atoms with E-state index < -0.39 is 10.0 Å². The summed E-state index contributed by atoms with van der Waals surface area (Å²) in [4.78, 5) is 0. The average Bonchev–Trinajstić information content (AvgIpc) is 3.04. The van der Waals surface area contributed by atoms with Gasteiger partial charge >= 0.3 is 0 Å². The molecule has 0 amide bonds. The lowest BCUT2D eigenvalue weighted by Crippen LogP contribution is -2.33. The summed E-state index contributed by atoms with van der Waals surface area (Å²) in [5.41, 5.74) is 5.45. The minimum Gasteiger partial charge on any atom is -0.374 e. The first-order chi connectivity index (χ1) is 8.96. The van der Waals surface area contributed by atoms with Crippen molar-refractivity contribution in [2.24, 2.45) is 17.8 Å². The molecule has 2 N–H and O–H groups in total. The monoisotopic (exact) mass is 302 g/mol. The van der Waals surface area contributed by atoms with Crippen LogP contribution in [-0.2, 0) is 10.0 Å². The maximum Gasteiger partial charge on any atom is 0.272 e. The highest BCUT2D eigenvalue weighted by atomic mass is 32.2. The Balaban J connectivity index is 1.71. The molecule has 19 heavy (non-hydrogen) atoms. The van der Waals surface area contributed by atoms with Gasteiger partial charge in [-0.25, -0.2) is 8.42 Å². The maximum atomic E-state index is 12.3. The molecule has 3 atom stereocenters. The van der Waals surface area contributed by atoms with Gasteiger partial charge in [-0.3, -0.25) is 0 Å². The number of nitrogen functional groups attached to an aromatic ring is 1. The normalized spacial score (nSPS) is 30.3. The Morgan fingerprint density at radius 3 is 2.68 bits per heavy atom. The van der Waals surface area contributed by atoms with Crippen LogP contribution in [0.15, 0.2) is 4.34 Å². The molecule has 0 radical (unpaired) electrons. The van der Waals surface area contributed by atoms with Crippen molar-refractivity contribution < 1.29 is 8.42 Å². The van der Waals surface area contributed by atoms with Crippen molar-refractivity contribution in [2.75, 3.05) is 19.3 Å². The minimum atomic E-state index is -3.52. The molecule has 2 saturated carbocycles. The third-order valence-electron chi connectivity index (χ3n) is 4.43. The SMILES string of the molecule is CN(CC1CC2CCC1C2)S(=O)(=O)c1nnc(N)s1. The topological polar surface area (TPSA) is 89.2 Å². The summed E-state index contributed by atoms with van der Waals surface area (Å²) >= 11 is 0.922. The number of anilines is 1. The van der Waals surface area contributed by atoms with E-state index >= 15 is 0 Å². The minimum absolute atomic E-state index is 0.00402. The molecule has 2 bridgehead atoms. The van der Waals surface area contributed by atoms with Crippen LogP contribution in [0, 0.1) is 17.8 Å². The van der Waals surface area contributed by atoms with Crippen molar-refractivity contribution >= 4 is 26.5 Å². The third kappa shape index (κ3) is 2.36. The van der Waals surface area contributed by atoms with Gasteiger partial charge in [0.2, 0.25) is 9.47 Å². The molecular weight excluding hydrogens is 284 g/mol. The molecule has 0 aromatic carbocycles. The Morgan fingerprint density at radius 1 is 1.37 bits per heavy atom. The van der Waals surface area contributed by atoms with Crippen LogP contribution < -0.4 is 5.73 Å². The van der Waals surface area contributed by atoms with E-state index in [1.165, 1.54) is 30.0 Å². The van der Waals surface area contributed by atoms with Crippen LogP contribution in [0.4, 0.5) is 5.13 Å². The fourth-order valence-electron chi connectivity index (χ4n) is 3.49. The molecule has 0 spiro atoms. The Kier molecular flexibility index (Phi) is 3.26. The largest absolute Gasteiger partial charge is 0.374 e. The summed E-state index contributed by atoms with van der Waals surface area (Å²) in [6.07, 6.45) is 5.03. The van der Waals surface area contributed by atoms with E-state index in [-0.39, 0.29) is 9.47 Å². The van der Waals surface area contributed by atoms with Gasteiger partial charge in [0.15, 0.2) is 0 Å². The summed E-state index contributed by atoms with van der Waals surface area (Å²) in [6.45, 7) is 0.586. The predicted molar refractivity (Wildman–Crippen MR) is 73.1 cm³/mol. The first-order valence-electron chi connectivity index (χ1n) is 6.52. The molecule has 1 aromatic rings. The first kappa shape index (κ1) is 13.3. The predicted octanol–water partition coefficient (Wildman–Crippen LogP) is 1.18. The van der Waals surface area contributed by atoms with Gasteiger partial charge in [0, 0.05) is 13.6 Å². The van der Waals surface area contributed by atoms with E-state index in [1.807, 2.05) is 0 Å². The van der Waals surface area contributed by atoms with Gasteiger partial charge in [0.05, 0.1) is 0 Å². The second-order valence-corrected chi connectivity index (χ2v) is 8.85. The number of rotatable bonds is 4. The molecule has 8 heteroatoms. The Labute approximate surface area is 117 Å². The van der Waals surface area contributed by atoms with Crippen molar-refractivity contribution in [2.45, 2.75) is 30.0 Å². The number of fused-ring (bicyclic) bond motifs is 2. The van der Waals surface area contributed by atoms with E-state index in [4.69, 9.17) is 5.73 Å². The number of nitrogens with zero attached hydrogens (tertiary/aromatic N) is 3. The first-order valence-corrected chi connectivity index (χ1v) is 8.78. The molecule has 2 aliphatic rings. The molecular formula is C11H18N4O2S2. The highest BCUT2D eigenvalue weighted by molar-refractivity contribution is 7.91. The quantitative estimate of drug-likeness (QED) is 0.902. The molecule has 3 unspecified atom stereocenters. The third-order valence-corrected chi connectivity index (χ3v) is 7.35. The van der Waals surface area contributed by atoms with Crippen molar-refractivity contribution in [1.29, 1.82) is 0 Å². The van der Waals surface area contributed by atoms with E-state index in [1.54, 1.807) is 7.05 Å². The van der Waals surface area contributed by atoms with Crippen molar-refractivity contribution in [3.05, 3.63) is 0 Å². The van der Waals surface area contributed by atoms with Crippen molar-refractivity contribution in [3.8, 4) is 0 Å². The molecule has 0 aliphatic heterocycles. The van der Waals surface area contributed by atoms with Crippen molar-refractivity contribution in [3.63, 3.8) is 0 Å². The molecule has 2 fully saturated rings. The van der Waals surface area contributed by atoms with E-state index in [9.17, 15) is 8.42 Å². The lowest BCUT2D eigenvalue weighted by atomic mass is 9.89. The van der Waals surface area contributed by atoms with Gasteiger partial charge in [-0.15, -0.1) is 10.2 Å². The van der Waals surface area contributed by atoms with E-state index in [0.717, 1.165) is 17.3 Å². The number of hydrogen-bond acceptors (Lipinski definition) is 6. The number of hydrogen-bond donors (Lipinski definition) is 1. The van der Waals surface area contributed by atoms with E-state index in [2.05, 4.69) is 10.2 Å². The van der Waals surface area contributed by atoms with Gasteiger partial charge in [-0.05, 0) is 37.0 Å². The summed E-state index contributed by atoms with van der Waals surface area (Å²) < 4.78 is 26.0. The summed E-state index contributed by atoms with van der Waals surface area (Å²) in [5, 5.41) is 7.41. The number of sulfonamides is 1. The average molecular weight is 302 g/mol. The van der Waals surface area contributed by atoms with Crippen LogP contribution in [0.3, 0.4) is 0 Å². The van der Waals surface area contributed by atoms with Gasteiger partial charge < -0.3 is 5.73 Å². The fraction of sp³-hybridized carbons (Fsp3) is 0.818. The van der Waals surface area contributed by atoms with E-state index in [0.29, 0.717) is 18.4 Å². The second-order valence-electron chi connectivity index (χ2n) is 5.63. The zero-order valence-electron chi connectivity index (χ0n) is 10.8. The second kappa shape index (κ2) is 4.68. The molecule has 3 rings (SSSR count). The van der Waals surface area contributed by atoms with Crippen LogP contribution in [0.25, 0.3) is 0 Å². The zero-order chi connectivity index (χ0) is 13.6. The van der Waals surface area contributed by atoms with Crippen LogP contribution >= 0.6 is 11.3 Å². The molecule has 2 aliphatic carbocycles. The summed E-state index contributed by atoms with van der Waals surface area (Å²) in [6, 6.07) is 0. The highest BCUT2D eigenvalue weighted by Gasteiger charge is 2.41. The van der Waals surface area contributed by atoms with Gasteiger partial charge in [0.25, 0.3) is 10.0 Å². The zero-order valence-corrected chi connectivity index (χ0v) is 12.5. The molecule has 1 aromatic heterocycles. The van der Waals surface area contributed by atoms with Crippen LogP contribution in [-0.4, -0.2) is 36.5 Å². The highest BCUT2D eigenvalue weighted by Crippen LogP contribution is 2.48. The Hall–Kier alpha value is -0.730. The fourth-order valence-corrected chi connectivity index (χ4v) is 5.69. The van der Waals surface area contributed by atoms with Crippen LogP contribution in [0.5, 0.6) is 0 Å². The number of nitrogens with two attached hydrogens (primary N) is 1. The van der Waals surface area contributed by atoms with Gasteiger partial charge in [-0.2, -0.15) is 4.31 Å². The summed E-state index contributed by atoms with van der Waals surface area (Å²) in [7, 11) is -1.90. The Bertz CT molecular complexity index is 571. The summed E-state index contributed by atoms with van der Waals surface area (Å²) in [5.74, 6) is 2.04.